The average molecular weight is 142 g/mol. The molecule has 0 unspecified atom stereocenters. The van der Waals surface area contributed by atoms with Crippen molar-refractivity contribution in [1.29, 1.82) is 0 Å². The minimum Gasteiger partial charge on any atom is -0.378 e. The van der Waals surface area contributed by atoms with Crippen LogP contribution in [0.1, 0.15) is 0 Å². The van der Waals surface area contributed by atoms with Gasteiger partial charge in [-0.05, 0) is 0 Å². The van der Waals surface area contributed by atoms with Crippen molar-refractivity contribution in [3.05, 3.63) is 25.2 Å². The lowest BCUT2D eigenvalue weighted by Crippen LogP contribution is -1.99. The zero-order chi connectivity index (χ0) is 7.07. The van der Waals surface area contributed by atoms with Crippen LogP contribution in [0.3, 0.4) is 0 Å². The fourth-order valence-electron chi connectivity index (χ4n) is 0.306. The molecule has 2 heterocycles. The first-order valence-electron chi connectivity index (χ1n) is 2.50. The van der Waals surface area contributed by atoms with Crippen molar-refractivity contribution in [2.24, 2.45) is 0 Å². The maximum Gasteiger partial charge on any atom is 0.152 e. The van der Waals surface area contributed by atoms with E-state index < -0.39 is 0 Å². The van der Waals surface area contributed by atoms with Crippen LogP contribution in [0.15, 0.2) is 25.2 Å². The Morgan fingerprint density at radius 2 is 2.00 bits per heavy atom. The maximum atomic E-state index is 4.29. The third-order valence-corrected chi connectivity index (χ3v) is 0.619. The molecule has 0 aromatic carbocycles. The van der Waals surface area contributed by atoms with Crippen molar-refractivity contribution < 1.29 is 9.68 Å². The van der Waals surface area contributed by atoms with Crippen LogP contribution in [-0.4, -0.2) is 15.2 Å². The molecular formula is C4H6N4O2. The van der Waals surface area contributed by atoms with Crippen LogP contribution < -0.4 is 5.64 Å². The molecule has 1 aromatic heterocycles. The van der Waals surface area contributed by atoms with Gasteiger partial charge in [-0.15, -0.1) is 0 Å². The summed E-state index contributed by atoms with van der Waals surface area (Å²) < 4.78 is 0. The number of hydrogen-bond acceptors (Lipinski definition) is 5. The molecule has 2 rings (SSSR count). The molecule has 0 saturated heterocycles. The largest absolute Gasteiger partial charge is 0.378 e. The summed E-state index contributed by atoms with van der Waals surface area (Å²) in [5.74, 6) is 0. The van der Waals surface area contributed by atoms with E-state index in [-0.39, 0.29) is 0 Å². The van der Waals surface area contributed by atoms with Crippen molar-refractivity contribution in [3.8, 4) is 0 Å². The van der Waals surface area contributed by atoms with Crippen LogP contribution in [0, 0.1) is 0 Å². The van der Waals surface area contributed by atoms with Gasteiger partial charge in [-0.2, -0.15) is 5.10 Å². The van der Waals surface area contributed by atoms with Crippen molar-refractivity contribution in [3.63, 3.8) is 0 Å². The summed E-state index contributed by atoms with van der Waals surface area (Å²) in [6.45, 7) is 0. The lowest BCUT2D eigenvalue weighted by atomic mass is 11.1. The van der Waals surface area contributed by atoms with Gasteiger partial charge in [-0.3, -0.25) is 5.10 Å². The minimum atomic E-state index is 1.40. The van der Waals surface area contributed by atoms with Crippen LogP contribution >= 0.6 is 0 Å². The predicted octanol–water partition coefficient (Wildman–Crippen LogP) is -0.271. The monoisotopic (exact) mass is 142 g/mol. The van der Waals surface area contributed by atoms with Crippen molar-refractivity contribution in [2.45, 2.75) is 0 Å². The van der Waals surface area contributed by atoms with Crippen molar-refractivity contribution in [1.82, 2.24) is 20.8 Å². The van der Waals surface area contributed by atoms with Crippen LogP contribution in [0.2, 0.25) is 0 Å². The van der Waals surface area contributed by atoms with Crippen LogP contribution in [0.25, 0.3) is 0 Å². The van der Waals surface area contributed by atoms with Gasteiger partial charge in [-0.1, -0.05) is 0 Å². The first-order chi connectivity index (χ1) is 5.00. The van der Waals surface area contributed by atoms with Gasteiger partial charge >= 0.3 is 0 Å². The number of H-pyrrole nitrogens is 1. The molecule has 0 spiro atoms. The molecular weight excluding hydrogens is 136 g/mol. The number of nitrogens with zero attached hydrogens (tertiary/aromatic N) is 2. The molecule has 0 bridgehead atoms. The van der Waals surface area contributed by atoms with E-state index in [1.807, 2.05) is 0 Å². The van der Waals surface area contributed by atoms with Gasteiger partial charge in [0, 0.05) is 5.64 Å². The Labute approximate surface area is 56.8 Å². The first kappa shape index (κ1) is 6.56. The Morgan fingerprint density at radius 1 is 1.20 bits per heavy atom. The Hall–Kier alpha value is -1.56. The second kappa shape index (κ2) is 4.33. The highest BCUT2D eigenvalue weighted by molar-refractivity contribution is 4.59. The zero-order valence-corrected chi connectivity index (χ0v) is 5.02. The molecule has 0 fully saturated rings. The van der Waals surface area contributed by atoms with Crippen LogP contribution in [-0.2, 0) is 9.68 Å². The molecule has 0 saturated carbocycles. The predicted molar refractivity (Wildman–Crippen MR) is 30.8 cm³/mol. The Balaban J connectivity index is 0.0000001000. The lowest BCUT2D eigenvalue weighted by molar-refractivity contribution is -0.0486. The van der Waals surface area contributed by atoms with Gasteiger partial charge in [0.2, 0.25) is 0 Å². The van der Waals surface area contributed by atoms with Gasteiger partial charge in [-0.25, -0.2) is 4.98 Å². The molecule has 0 amide bonds. The third kappa shape index (κ3) is 2.68. The van der Waals surface area contributed by atoms with E-state index in [1.54, 1.807) is 0 Å². The Kier molecular flexibility index (Phi) is 2.84. The first-order valence-corrected chi connectivity index (χ1v) is 2.50. The summed E-state index contributed by atoms with van der Waals surface area (Å²) in [5.41, 5.74) is 2.11. The summed E-state index contributed by atoms with van der Waals surface area (Å²) in [6.07, 6.45) is 5.76. The number of rotatable bonds is 0. The van der Waals surface area contributed by atoms with Gasteiger partial charge in [0.1, 0.15) is 12.7 Å². The van der Waals surface area contributed by atoms with E-state index in [1.165, 1.54) is 25.2 Å². The summed E-state index contributed by atoms with van der Waals surface area (Å²) >= 11 is 0. The standard InChI is InChI=1S/C2H3N3.C2H3NO2/c1-3-2-5-4-1;1-2-5-3-4-1/h1-2H,(H,3,4,5);1-3H. The highest BCUT2D eigenvalue weighted by Gasteiger charge is 1.80. The molecule has 54 valence electrons. The minimum absolute atomic E-state index is 1.40. The third-order valence-electron chi connectivity index (χ3n) is 0.619. The molecule has 6 heteroatoms. The molecule has 6 nitrogen and oxygen atoms in total. The summed E-state index contributed by atoms with van der Waals surface area (Å²) in [7, 11) is 0. The molecule has 1 aliphatic heterocycles. The van der Waals surface area contributed by atoms with Crippen molar-refractivity contribution >= 4 is 0 Å². The molecule has 0 radical (unpaired) electrons. The summed E-state index contributed by atoms with van der Waals surface area (Å²) in [5, 5.41) is 5.99. The van der Waals surface area contributed by atoms with Gasteiger partial charge in [0.05, 0.1) is 0 Å². The fourth-order valence-corrected chi connectivity index (χ4v) is 0.306. The van der Waals surface area contributed by atoms with Crippen LogP contribution in [0.4, 0.5) is 0 Å². The van der Waals surface area contributed by atoms with Gasteiger partial charge in [0.15, 0.2) is 12.5 Å². The van der Waals surface area contributed by atoms with E-state index in [0.29, 0.717) is 0 Å². The topological polar surface area (TPSA) is 72.1 Å². The molecule has 10 heavy (non-hydrogen) atoms. The van der Waals surface area contributed by atoms with Crippen LogP contribution in [0.5, 0.6) is 0 Å². The normalized spacial score (nSPS) is 12.8. The number of nitrogens with one attached hydrogen (secondary N) is 2. The number of hydrogen-bond donors (Lipinski definition) is 2. The highest BCUT2D eigenvalue weighted by Crippen LogP contribution is 1.80. The SMILES string of the molecule is C1=CONO1.c1nc[nH]n1. The molecule has 1 aromatic rings. The van der Waals surface area contributed by atoms with E-state index in [9.17, 15) is 0 Å². The molecule has 1 aliphatic rings. The van der Waals surface area contributed by atoms with E-state index >= 15 is 0 Å². The van der Waals surface area contributed by atoms with Gasteiger partial charge < -0.3 is 9.68 Å². The maximum absolute atomic E-state index is 4.29. The van der Waals surface area contributed by atoms with E-state index in [4.69, 9.17) is 0 Å². The smallest absolute Gasteiger partial charge is 0.152 e. The molecule has 2 N–H and O–H groups in total. The van der Waals surface area contributed by atoms with E-state index in [0.717, 1.165) is 0 Å². The Bertz CT molecular complexity index is 150. The summed E-state index contributed by atoms with van der Waals surface area (Å²) in [6, 6.07) is 0. The van der Waals surface area contributed by atoms with Gasteiger partial charge in [0.25, 0.3) is 0 Å². The quantitative estimate of drug-likeness (QED) is 0.521. The Morgan fingerprint density at radius 3 is 2.20 bits per heavy atom. The average Bonchev–Trinajstić information content (AvgIpc) is 2.67. The second-order valence-corrected chi connectivity index (χ2v) is 1.24. The molecule has 0 atom stereocenters. The molecule has 0 aliphatic carbocycles. The summed E-state index contributed by atoms with van der Waals surface area (Å²) in [4.78, 5) is 12.1. The number of aromatic nitrogens is 3. The van der Waals surface area contributed by atoms with Crippen molar-refractivity contribution in [2.75, 3.05) is 0 Å². The van der Waals surface area contributed by atoms with E-state index in [2.05, 4.69) is 30.5 Å². The second-order valence-electron chi connectivity index (χ2n) is 1.24. The number of aromatic amines is 1. The lowest BCUT2D eigenvalue weighted by Gasteiger charge is -1.83. The highest BCUT2D eigenvalue weighted by atomic mass is 16.9. The fraction of sp³-hybridized carbons (Fsp3) is 0. The zero-order valence-electron chi connectivity index (χ0n) is 5.02.